The minimum atomic E-state index is 0. The van der Waals surface area contributed by atoms with Crippen LogP contribution in [0.5, 0.6) is 0 Å². The Morgan fingerprint density at radius 3 is 2.24 bits per heavy atom. The molecule has 1 aliphatic heterocycles. The Morgan fingerprint density at radius 1 is 0.960 bits per heavy atom. The number of halogens is 1. The van der Waals surface area contributed by atoms with Crippen molar-refractivity contribution in [3.05, 3.63) is 0 Å². The molecule has 0 radical (unpaired) electrons. The minimum absolute atomic E-state index is 0. The van der Waals surface area contributed by atoms with E-state index in [2.05, 4.69) is 5.32 Å². The van der Waals surface area contributed by atoms with Crippen LogP contribution in [0.1, 0.15) is 70.6 Å². The molecule has 144 valence electrons. The molecule has 3 N–H and O–H groups in total. The van der Waals surface area contributed by atoms with Crippen LogP contribution in [0.3, 0.4) is 0 Å². The molecule has 0 unspecified atom stereocenters. The number of hydrogen-bond acceptors (Lipinski definition) is 3. The maximum atomic E-state index is 12.5. The molecule has 25 heavy (non-hydrogen) atoms. The van der Waals surface area contributed by atoms with E-state index in [1.807, 2.05) is 4.90 Å². The van der Waals surface area contributed by atoms with E-state index >= 15 is 0 Å². The molecule has 0 aromatic heterocycles. The van der Waals surface area contributed by atoms with E-state index < -0.39 is 0 Å². The molecule has 0 aromatic rings. The summed E-state index contributed by atoms with van der Waals surface area (Å²) in [5, 5.41) is 3.22. The second-order valence-corrected chi connectivity index (χ2v) is 8.16. The Labute approximate surface area is 157 Å². The maximum absolute atomic E-state index is 12.5. The highest BCUT2D eigenvalue weighted by Crippen LogP contribution is 2.29. The van der Waals surface area contributed by atoms with Crippen LogP contribution in [0.2, 0.25) is 0 Å². The number of nitrogens with one attached hydrogen (secondary N) is 1. The van der Waals surface area contributed by atoms with E-state index in [4.69, 9.17) is 5.73 Å². The second-order valence-electron chi connectivity index (χ2n) is 8.16. The lowest BCUT2D eigenvalue weighted by Crippen LogP contribution is -2.42. The van der Waals surface area contributed by atoms with Gasteiger partial charge in [0.25, 0.3) is 0 Å². The van der Waals surface area contributed by atoms with Crippen LogP contribution in [-0.2, 0) is 9.59 Å². The molecular formula is C19H34ClN3O2. The van der Waals surface area contributed by atoms with Gasteiger partial charge < -0.3 is 16.0 Å². The average molecular weight is 372 g/mol. The summed E-state index contributed by atoms with van der Waals surface area (Å²) in [6.45, 7) is 1.54. The smallest absolute Gasteiger partial charge is 0.225 e. The van der Waals surface area contributed by atoms with Gasteiger partial charge in [0.05, 0.1) is 0 Å². The summed E-state index contributed by atoms with van der Waals surface area (Å²) in [4.78, 5) is 26.7. The van der Waals surface area contributed by atoms with Crippen molar-refractivity contribution in [1.29, 1.82) is 0 Å². The van der Waals surface area contributed by atoms with Crippen molar-refractivity contribution >= 4 is 24.2 Å². The first kappa shape index (κ1) is 20.5. The highest BCUT2D eigenvalue weighted by Gasteiger charge is 2.32. The summed E-state index contributed by atoms with van der Waals surface area (Å²) in [6, 6.07) is 0.426. The van der Waals surface area contributed by atoms with Crippen molar-refractivity contribution in [3.8, 4) is 0 Å². The average Bonchev–Trinajstić information content (AvgIpc) is 3.02. The summed E-state index contributed by atoms with van der Waals surface area (Å²) in [5.41, 5.74) is 5.90. The Hall–Kier alpha value is -0.810. The van der Waals surface area contributed by atoms with Gasteiger partial charge in [-0.05, 0) is 50.9 Å². The van der Waals surface area contributed by atoms with Gasteiger partial charge in [0, 0.05) is 37.5 Å². The Bertz CT molecular complexity index is 446. The Balaban J connectivity index is 0.00000225. The molecule has 3 aliphatic rings. The standard InChI is InChI=1S/C19H33N3O2.ClH/c20-16-10-11-22(13-16)19(24)15-6-8-17(9-7-15)21-18(23)12-14-4-2-1-3-5-14;/h14-17H,1-13,20H2,(H,21,23);1H/t15?,16-,17?;/m1./s1. The molecule has 1 saturated heterocycles. The number of hydrogen-bond donors (Lipinski definition) is 2. The van der Waals surface area contributed by atoms with E-state index in [1.54, 1.807) is 0 Å². The van der Waals surface area contributed by atoms with Gasteiger partial charge in [-0.25, -0.2) is 0 Å². The molecule has 3 rings (SSSR count). The maximum Gasteiger partial charge on any atom is 0.225 e. The van der Waals surface area contributed by atoms with E-state index in [-0.39, 0.29) is 42.2 Å². The van der Waals surface area contributed by atoms with Crippen LogP contribution < -0.4 is 11.1 Å². The zero-order valence-corrected chi connectivity index (χ0v) is 16.1. The number of nitrogens with zero attached hydrogens (tertiary/aromatic N) is 1. The predicted molar refractivity (Wildman–Crippen MR) is 102 cm³/mol. The van der Waals surface area contributed by atoms with Gasteiger partial charge in [0.2, 0.25) is 11.8 Å². The third kappa shape index (κ3) is 5.85. The molecule has 2 aliphatic carbocycles. The molecule has 5 nitrogen and oxygen atoms in total. The first-order chi connectivity index (χ1) is 11.6. The highest BCUT2D eigenvalue weighted by atomic mass is 35.5. The molecule has 1 heterocycles. The Kier molecular flexibility index (Phi) is 8.01. The topological polar surface area (TPSA) is 75.4 Å². The van der Waals surface area contributed by atoms with Gasteiger partial charge in [-0.3, -0.25) is 9.59 Å². The summed E-state index contributed by atoms with van der Waals surface area (Å²) in [7, 11) is 0. The molecule has 3 fully saturated rings. The predicted octanol–water partition coefficient (Wildman–Crippen LogP) is 2.61. The van der Waals surface area contributed by atoms with E-state index in [1.165, 1.54) is 32.1 Å². The van der Waals surface area contributed by atoms with Gasteiger partial charge in [0.1, 0.15) is 0 Å². The van der Waals surface area contributed by atoms with Gasteiger partial charge in [-0.1, -0.05) is 19.3 Å². The van der Waals surface area contributed by atoms with Crippen LogP contribution in [0.15, 0.2) is 0 Å². The number of nitrogens with two attached hydrogens (primary N) is 1. The van der Waals surface area contributed by atoms with Gasteiger partial charge >= 0.3 is 0 Å². The first-order valence-electron chi connectivity index (χ1n) is 9.95. The number of rotatable bonds is 4. The molecular weight excluding hydrogens is 338 g/mol. The molecule has 0 aromatic carbocycles. The van der Waals surface area contributed by atoms with Crippen LogP contribution >= 0.6 is 12.4 Å². The molecule has 2 saturated carbocycles. The van der Waals surface area contributed by atoms with Crippen molar-refractivity contribution < 1.29 is 9.59 Å². The van der Waals surface area contributed by atoms with Crippen molar-refractivity contribution in [2.45, 2.75) is 82.7 Å². The van der Waals surface area contributed by atoms with Crippen molar-refractivity contribution in [2.24, 2.45) is 17.6 Å². The minimum Gasteiger partial charge on any atom is -0.353 e. The Morgan fingerprint density at radius 2 is 1.64 bits per heavy atom. The molecule has 0 bridgehead atoms. The number of amides is 2. The van der Waals surface area contributed by atoms with Gasteiger partial charge in [-0.15, -0.1) is 12.4 Å². The molecule has 0 spiro atoms. The third-order valence-electron chi connectivity index (χ3n) is 6.18. The fourth-order valence-electron chi connectivity index (χ4n) is 4.67. The van der Waals surface area contributed by atoms with Gasteiger partial charge in [0.15, 0.2) is 0 Å². The molecule has 1 atom stereocenters. The fraction of sp³-hybridized carbons (Fsp3) is 0.895. The van der Waals surface area contributed by atoms with Crippen LogP contribution in [-0.4, -0.2) is 41.9 Å². The largest absolute Gasteiger partial charge is 0.353 e. The zero-order valence-electron chi connectivity index (χ0n) is 15.3. The van der Waals surface area contributed by atoms with Crippen molar-refractivity contribution in [2.75, 3.05) is 13.1 Å². The normalized spacial score (nSPS) is 30.6. The highest BCUT2D eigenvalue weighted by molar-refractivity contribution is 5.85. The number of carbonyl (C=O) groups excluding carboxylic acids is 2. The zero-order chi connectivity index (χ0) is 16.9. The third-order valence-corrected chi connectivity index (χ3v) is 6.18. The SMILES string of the molecule is Cl.N[C@@H]1CCN(C(=O)C2CCC(NC(=O)CC3CCCCC3)CC2)C1. The lowest BCUT2D eigenvalue weighted by molar-refractivity contribution is -0.135. The quantitative estimate of drug-likeness (QED) is 0.797. The van der Waals surface area contributed by atoms with Crippen LogP contribution in [0, 0.1) is 11.8 Å². The van der Waals surface area contributed by atoms with Crippen molar-refractivity contribution in [1.82, 2.24) is 10.2 Å². The molecule has 2 amide bonds. The van der Waals surface area contributed by atoms with E-state index in [0.717, 1.165) is 45.2 Å². The summed E-state index contributed by atoms with van der Waals surface area (Å²) >= 11 is 0. The monoisotopic (exact) mass is 371 g/mol. The van der Waals surface area contributed by atoms with Crippen molar-refractivity contribution in [3.63, 3.8) is 0 Å². The lowest BCUT2D eigenvalue weighted by Gasteiger charge is -2.31. The van der Waals surface area contributed by atoms with Crippen LogP contribution in [0.4, 0.5) is 0 Å². The summed E-state index contributed by atoms with van der Waals surface area (Å²) in [6.07, 6.45) is 11.6. The number of likely N-dealkylation sites (tertiary alicyclic amines) is 1. The van der Waals surface area contributed by atoms with Gasteiger partial charge in [-0.2, -0.15) is 0 Å². The fourth-order valence-corrected chi connectivity index (χ4v) is 4.67. The summed E-state index contributed by atoms with van der Waals surface area (Å²) in [5.74, 6) is 1.25. The number of carbonyl (C=O) groups is 2. The second kappa shape index (κ2) is 9.77. The molecule has 6 heteroatoms. The van der Waals surface area contributed by atoms with E-state index in [9.17, 15) is 9.59 Å². The summed E-state index contributed by atoms with van der Waals surface area (Å²) < 4.78 is 0. The first-order valence-corrected chi connectivity index (χ1v) is 9.95. The lowest BCUT2D eigenvalue weighted by atomic mass is 9.84. The van der Waals surface area contributed by atoms with Crippen LogP contribution in [0.25, 0.3) is 0 Å². The van der Waals surface area contributed by atoms with E-state index in [0.29, 0.717) is 12.3 Å².